The maximum atomic E-state index is 12.9. The molecule has 0 aromatic carbocycles. The van der Waals surface area contributed by atoms with Crippen molar-refractivity contribution in [1.29, 1.82) is 0 Å². The number of carbonyl (C=O) groups excluding carboxylic acids is 3. The fourth-order valence-corrected chi connectivity index (χ4v) is 4.27. The first-order chi connectivity index (χ1) is 13.2. The van der Waals surface area contributed by atoms with Gasteiger partial charge >= 0.3 is 18.0 Å². The van der Waals surface area contributed by atoms with Crippen LogP contribution in [-0.4, -0.2) is 73.2 Å². The Bertz CT molecular complexity index is 748. The second kappa shape index (κ2) is 9.38. The van der Waals surface area contributed by atoms with Crippen LogP contribution in [-0.2, 0) is 9.47 Å². The summed E-state index contributed by atoms with van der Waals surface area (Å²) in [5, 5.41) is 3.13. The Balaban J connectivity index is 2.32. The molecule has 28 heavy (non-hydrogen) atoms. The zero-order valence-corrected chi connectivity index (χ0v) is 18.1. The van der Waals surface area contributed by atoms with E-state index in [1.54, 1.807) is 25.7 Å². The van der Waals surface area contributed by atoms with Crippen LogP contribution in [0.15, 0.2) is 0 Å². The van der Waals surface area contributed by atoms with Gasteiger partial charge in [-0.25, -0.2) is 14.4 Å². The average molecular weight is 412 g/mol. The summed E-state index contributed by atoms with van der Waals surface area (Å²) in [7, 11) is 2.03. The summed E-state index contributed by atoms with van der Waals surface area (Å²) >= 11 is 1.04. The monoisotopic (exact) mass is 411 g/mol. The zero-order chi connectivity index (χ0) is 21.0. The number of esters is 2. The highest BCUT2D eigenvalue weighted by atomic mass is 32.1. The summed E-state index contributed by atoms with van der Waals surface area (Å²) in [6.45, 7) is 10.9. The molecule has 2 rings (SSSR count). The van der Waals surface area contributed by atoms with Gasteiger partial charge in [-0.2, -0.15) is 0 Å². The number of likely N-dealkylation sites (N-methyl/N-ethyl adjacent to an activating group) is 1. The number of hydrogen-bond acceptors (Lipinski definition) is 7. The number of thiophene rings is 1. The number of rotatable bonds is 5. The number of hydrogen-bond donors (Lipinski definition) is 1. The Kier molecular flexibility index (Phi) is 7.42. The van der Waals surface area contributed by atoms with Crippen LogP contribution in [0.1, 0.15) is 53.3 Å². The fourth-order valence-electron chi connectivity index (χ4n) is 3.19. The molecule has 0 radical (unpaired) electrons. The molecule has 2 atom stereocenters. The van der Waals surface area contributed by atoms with E-state index in [9.17, 15) is 14.4 Å². The lowest BCUT2D eigenvalue weighted by atomic mass is 10.1. The quantitative estimate of drug-likeness (QED) is 0.750. The van der Waals surface area contributed by atoms with E-state index < -0.39 is 11.9 Å². The molecule has 1 aromatic rings. The molecule has 1 N–H and O–H groups in total. The summed E-state index contributed by atoms with van der Waals surface area (Å²) in [5.41, 5.74) is 0.662. The fraction of sp³-hybridized carbons (Fsp3) is 0.632. The summed E-state index contributed by atoms with van der Waals surface area (Å²) in [5.74, 6) is -1.08. The molecule has 0 saturated carbocycles. The van der Waals surface area contributed by atoms with Crippen molar-refractivity contribution in [2.75, 3.05) is 38.7 Å². The number of anilines is 1. The van der Waals surface area contributed by atoms with Crippen LogP contribution in [0.25, 0.3) is 0 Å². The summed E-state index contributed by atoms with van der Waals surface area (Å²) in [6.07, 6.45) is 0. The lowest BCUT2D eigenvalue weighted by Gasteiger charge is -2.42. The average Bonchev–Trinajstić information content (AvgIpc) is 2.94. The molecular formula is C19H29N3O5S. The van der Waals surface area contributed by atoms with E-state index in [4.69, 9.17) is 9.47 Å². The summed E-state index contributed by atoms with van der Waals surface area (Å²) < 4.78 is 10.2. The minimum absolute atomic E-state index is 0.0258. The highest BCUT2D eigenvalue weighted by Crippen LogP contribution is 2.34. The first-order valence-corrected chi connectivity index (χ1v) is 10.3. The van der Waals surface area contributed by atoms with Crippen LogP contribution in [0.2, 0.25) is 0 Å². The molecule has 156 valence electrons. The van der Waals surface area contributed by atoms with Crippen molar-refractivity contribution >= 4 is 34.3 Å². The smallest absolute Gasteiger partial charge is 0.348 e. The lowest BCUT2D eigenvalue weighted by Crippen LogP contribution is -2.57. The van der Waals surface area contributed by atoms with E-state index >= 15 is 0 Å². The third-order valence-corrected chi connectivity index (χ3v) is 6.05. The highest BCUT2D eigenvalue weighted by Gasteiger charge is 2.32. The van der Waals surface area contributed by atoms with Crippen LogP contribution < -0.4 is 5.32 Å². The molecular weight excluding hydrogens is 382 g/mol. The van der Waals surface area contributed by atoms with Gasteiger partial charge < -0.3 is 14.4 Å². The van der Waals surface area contributed by atoms with Crippen molar-refractivity contribution in [3.05, 3.63) is 16.0 Å². The van der Waals surface area contributed by atoms with E-state index in [1.807, 2.05) is 14.0 Å². The van der Waals surface area contributed by atoms with Gasteiger partial charge in [0.05, 0.1) is 18.8 Å². The topological polar surface area (TPSA) is 88.2 Å². The molecule has 1 aromatic heterocycles. The maximum Gasteiger partial charge on any atom is 0.348 e. The van der Waals surface area contributed by atoms with Gasteiger partial charge in [0.25, 0.3) is 0 Å². The van der Waals surface area contributed by atoms with Crippen LogP contribution >= 0.6 is 11.3 Å². The molecule has 0 spiro atoms. The van der Waals surface area contributed by atoms with Gasteiger partial charge in [-0.15, -0.1) is 11.3 Å². The van der Waals surface area contributed by atoms with Gasteiger partial charge in [-0.1, -0.05) is 0 Å². The Morgan fingerprint density at radius 1 is 1.07 bits per heavy atom. The molecule has 1 fully saturated rings. The summed E-state index contributed by atoms with van der Waals surface area (Å²) in [4.78, 5) is 41.9. The van der Waals surface area contributed by atoms with E-state index in [2.05, 4.69) is 17.1 Å². The first kappa shape index (κ1) is 22.2. The second-order valence-electron chi connectivity index (χ2n) is 6.92. The van der Waals surface area contributed by atoms with Crippen molar-refractivity contribution < 1.29 is 23.9 Å². The van der Waals surface area contributed by atoms with E-state index in [0.29, 0.717) is 22.0 Å². The second-order valence-corrected chi connectivity index (χ2v) is 7.94. The van der Waals surface area contributed by atoms with Crippen molar-refractivity contribution in [3.63, 3.8) is 0 Å². The molecule has 1 saturated heterocycles. The van der Waals surface area contributed by atoms with Gasteiger partial charge in [0.15, 0.2) is 0 Å². The Labute approximate surface area is 169 Å². The summed E-state index contributed by atoms with van der Waals surface area (Å²) in [6, 6.07) is -0.0425. The zero-order valence-electron chi connectivity index (χ0n) is 17.3. The van der Waals surface area contributed by atoms with Crippen LogP contribution in [0, 0.1) is 6.92 Å². The number of urea groups is 1. The number of carbonyl (C=O) groups is 3. The van der Waals surface area contributed by atoms with Gasteiger partial charge in [-0.3, -0.25) is 10.2 Å². The number of piperazine rings is 1. The Morgan fingerprint density at radius 2 is 1.68 bits per heavy atom. The molecule has 9 heteroatoms. The lowest BCUT2D eigenvalue weighted by molar-refractivity contribution is 0.0527. The Morgan fingerprint density at radius 3 is 2.29 bits per heavy atom. The highest BCUT2D eigenvalue weighted by molar-refractivity contribution is 7.18. The van der Waals surface area contributed by atoms with Gasteiger partial charge in [0.2, 0.25) is 0 Å². The van der Waals surface area contributed by atoms with E-state index in [-0.39, 0.29) is 36.9 Å². The molecule has 1 aliphatic heterocycles. The van der Waals surface area contributed by atoms with Crippen LogP contribution in [0.5, 0.6) is 0 Å². The van der Waals surface area contributed by atoms with Gasteiger partial charge in [-0.05, 0) is 47.2 Å². The SMILES string of the molecule is CCOC(=O)c1sc(NC(=O)N2C[C@@H](C)N(C)C[C@H]2C)c(C(=O)OCC)c1C. The molecule has 2 heterocycles. The van der Waals surface area contributed by atoms with E-state index in [1.165, 1.54) is 0 Å². The first-order valence-electron chi connectivity index (χ1n) is 9.46. The molecule has 0 unspecified atom stereocenters. The maximum absolute atomic E-state index is 12.9. The normalized spacial score (nSPS) is 20.0. The third kappa shape index (κ3) is 4.64. The number of amides is 2. The molecule has 8 nitrogen and oxygen atoms in total. The minimum atomic E-state index is -0.568. The standard InChI is InChI=1S/C19H29N3O5S/c1-7-26-17(23)14-13(5)15(18(24)27-8-2)28-16(14)20-19(25)22-10-11(3)21(6)9-12(22)4/h11-12H,7-10H2,1-6H3,(H,20,25)/t11-,12-/m1/s1. The molecule has 2 amide bonds. The van der Waals surface area contributed by atoms with Crippen molar-refractivity contribution in [2.45, 2.75) is 46.7 Å². The van der Waals surface area contributed by atoms with Crippen LogP contribution in [0.4, 0.5) is 9.80 Å². The predicted molar refractivity (Wildman–Crippen MR) is 108 cm³/mol. The Hall–Kier alpha value is -2.13. The van der Waals surface area contributed by atoms with E-state index in [0.717, 1.165) is 17.9 Å². The largest absolute Gasteiger partial charge is 0.462 e. The van der Waals surface area contributed by atoms with Crippen molar-refractivity contribution in [2.24, 2.45) is 0 Å². The molecule has 0 aliphatic carbocycles. The number of nitrogens with one attached hydrogen (secondary N) is 1. The van der Waals surface area contributed by atoms with Crippen molar-refractivity contribution in [1.82, 2.24) is 9.80 Å². The third-order valence-electron chi connectivity index (χ3n) is 4.87. The van der Waals surface area contributed by atoms with Crippen molar-refractivity contribution in [3.8, 4) is 0 Å². The van der Waals surface area contributed by atoms with Gasteiger partial charge in [0, 0.05) is 25.2 Å². The molecule has 0 bridgehead atoms. The van der Waals surface area contributed by atoms with Crippen LogP contribution in [0.3, 0.4) is 0 Å². The molecule has 1 aliphatic rings. The minimum Gasteiger partial charge on any atom is -0.462 e. The number of ether oxygens (including phenoxy) is 2. The number of nitrogens with zero attached hydrogens (tertiary/aromatic N) is 2. The predicted octanol–water partition coefficient (Wildman–Crippen LogP) is 2.97. The van der Waals surface area contributed by atoms with Gasteiger partial charge in [0.1, 0.15) is 9.88 Å².